The molecule has 20 heavy (non-hydrogen) atoms. The molecule has 1 fully saturated rings. The van der Waals surface area contributed by atoms with Crippen molar-refractivity contribution in [1.82, 2.24) is 15.6 Å². The van der Waals surface area contributed by atoms with Gasteiger partial charge in [-0.2, -0.15) is 0 Å². The number of piperidine rings is 1. The molecule has 2 rings (SSSR count). The summed E-state index contributed by atoms with van der Waals surface area (Å²) in [6.07, 6.45) is 5.94. The molecule has 2 heterocycles. The van der Waals surface area contributed by atoms with Crippen LogP contribution in [-0.4, -0.2) is 24.0 Å². The van der Waals surface area contributed by atoms with Crippen LogP contribution in [0.2, 0.25) is 0 Å². The van der Waals surface area contributed by atoms with Gasteiger partial charge in [-0.05, 0) is 45.2 Å². The molecule has 1 aromatic rings. The van der Waals surface area contributed by atoms with Crippen LogP contribution in [0.3, 0.4) is 0 Å². The predicted molar refractivity (Wildman–Crippen MR) is 88.0 cm³/mol. The van der Waals surface area contributed by atoms with Gasteiger partial charge in [0, 0.05) is 17.5 Å². The first-order valence-corrected chi connectivity index (χ1v) is 7.44. The van der Waals surface area contributed by atoms with Crippen LogP contribution < -0.4 is 10.6 Å². The molecule has 0 aliphatic carbocycles. The fourth-order valence-electron chi connectivity index (χ4n) is 2.27. The maximum absolute atomic E-state index is 11.7. The molecule has 7 heteroatoms. The number of nitrogens with one attached hydrogen (secondary N) is 2. The van der Waals surface area contributed by atoms with Crippen LogP contribution in [0.15, 0.2) is 6.20 Å². The maximum Gasteiger partial charge on any atom is 0.220 e. The standard InChI is InChI=1S/C13H21N3OS.2ClH/c1-10-15-8-12(18-10)9-16-13(17)3-2-11-4-6-14-7-5-11;;/h8,11,14H,2-7,9H2,1H3,(H,16,17);2*1H. The van der Waals surface area contributed by atoms with Gasteiger partial charge in [0.25, 0.3) is 0 Å². The van der Waals surface area contributed by atoms with E-state index in [9.17, 15) is 4.79 Å². The van der Waals surface area contributed by atoms with Crippen LogP contribution in [0, 0.1) is 12.8 Å². The summed E-state index contributed by atoms with van der Waals surface area (Å²) in [6, 6.07) is 0. The molecule has 0 atom stereocenters. The van der Waals surface area contributed by atoms with Crippen LogP contribution >= 0.6 is 36.2 Å². The number of aromatic nitrogens is 1. The Hall–Kier alpha value is -0.360. The Labute approximate surface area is 137 Å². The molecule has 116 valence electrons. The fraction of sp³-hybridized carbons (Fsp3) is 0.692. The molecule has 1 aromatic heterocycles. The Kier molecular flexibility index (Phi) is 10.2. The number of hydrogen-bond donors (Lipinski definition) is 2. The van der Waals surface area contributed by atoms with Gasteiger partial charge in [-0.25, -0.2) is 4.98 Å². The van der Waals surface area contributed by atoms with E-state index in [0.29, 0.717) is 13.0 Å². The molecule has 1 aliphatic heterocycles. The molecule has 1 saturated heterocycles. The average molecular weight is 340 g/mol. The third-order valence-electron chi connectivity index (χ3n) is 3.37. The topological polar surface area (TPSA) is 54.0 Å². The highest BCUT2D eigenvalue weighted by molar-refractivity contribution is 7.11. The van der Waals surface area contributed by atoms with Crippen molar-refractivity contribution in [2.75, 3.05) is 13.1 Å². The van der Waals surface area contributed by atoms with E-state index in [1.807, 2.05) is 13.1 Å². The van der Waals surface area contributed by atoms with Gasteiger partial charge >= 0.3 is 0 Å². The third-order valence-corrected chi connectivity index (χ3v) is 4.28. The number of aryl methyl sites for hydroxylation is 1. The summed E-state index contributed by atoms with van der Waals surface area (Å²) >= 11 is 1.64. The van der Waals surface area contributed by atoms with Gasteiger partial charge < -0.3 is 10.6 Å². The number of hydrogen-bond acceptors (Lipinski definition) is 4. The minimum absolute atomic E-state index is 0. The SMILES string of the molecule is Cc1ncc(CNC(=O)CCC2CCNCC2)s1.Cl.Cl. The second-order valence-corrected chi connectivity index (χ2v) is 6.17. The summed E-state index contributed by atoms with van der Waals surface area (Å²) in [5, 5.41) is 7.36. The lowest BCUT2D eigenvalue weighted by molar-refractivity contribution is -0.121. The number of carbonyl (C=O) groups excluding carboxylic acids is 1. The summed E-state index contributed by atoms with van der Waals surface area (Å²) in [4.78, 5) is 17.0. The van der Waals surface area contributed by atoms with E-state index in [1.54, 1.807) is 11.3 Å². The first-order valence-electron chi connectivity index (χ1n) is 6.63. The lowest BCUT2D eigenvalue weighted by atomic mass is 9.93. The van der Waals surface area contributed by atoms with Gasteiger partial charge in [0.15, 0.2) is 0 Å². The molecule has 1 aliphatic rings. The van der Waals surface area contributed by atoms with Crippen molar-refractivity contribution in [3.05, 3.63) is 16.1 Å². The van der Waals surface area contributed by atoms with Crippen LogP contribution in [0.25, 0.3) is 0 Å². The van der Waals surface area contributed by atoms with Crippen LogP contribution in [0.1, 0.15) is 35.6 Å². The molecule has 1 amide bonds. The lowest BCUT2D eigenvalue weighted by Gasteiger charge is -2.22. The molecule has 0 radical (unpaired) electrons. The van der Waals surface area contributed by atoms with Crippen LogP contribution in [-0.2, 0) is 11.3 Å². The van der Waals surface area contributed by atoms with Gasteiger partial charge in [0.2, 0.25) is 5.91 Å². The van der Waals surface area contributed by atoms with E-state index in [0.717, 1.165) is 35.3 Å². The highest BCUT2D eigenvalue weighted by atomic mass is 35.5. The molecule has 0 spiro atoms. The van der Waals surface area contributed by atoms with Crippen molar-refractivity contribution in [3.63, 3.8) is 0 Å². The summed E-state index contributed by atoms with van der Waals surface area (Å²) in [5.41, 5.74) is 0. The minimum atomic E-state index is 0. The monoisotopic (exact) mass is 339 g/mol. The Bertz CT molecular complexity index is 395. The molecule has 0 unspecified atom stereocenters. The number of rotatable bonds is 5. The maximum atomic E-state index is 11.7. The number of nitrogens with zero attached hydrogens (tertiary/aromatic N) is 1. The lowest BCUT2D eigenvalue weighted by Crippen LogP contribution is -2.29. The Morgan fingerprint density at radius 3 is 2.75 bits per heavy atom. The second-order valence-electron chi connectivity index (χ2n) is 4.85. The summed E-state index contributed by atoms with van der Waals surface area (Å²) in [5.74, 6) is 0.891. The second kappa shape index (κ2) is 10.4. The molecule has 0 bridgehead atoms. The van der Waals surface area contributed by atoms with Crippen LogP contribution in [0.5, 0.6) is 0 Å². The normalized spacial score (nSPS) is 15.1. The quantitative estimate of drug-likeness (QED) is 0.867. The van der Waals surface area contributed by atoms with Gasteiger partial charge in [-0.1, -0.05) is 0 Å². The van der Waals surface area contributed by atoms with E-state index in [-0.39, 0.29) is 30.7 Å². The summed E-state index contributed by atoms with van der Waals surface area (Å²) in [6.45, 7) is 4.81. The largest absolute Gasteiger partial charge is 0.351 e. The van der Waals surface area contributed by atoms with E-state index in [2.05, 4.69) is 15.6 Å². The fourth-order valence-corrected chi connectivity index (χ4v) is 3.00. The first kappa shape index (κ1) is 19.6. The van der Waals surface area contributed by atoms with Gasteiger partial charge in [0.1, 0.15) is 0 Å². The van der Waals surface area contributed by atoms with E-state index in [1.165, 1.54) is 12.8 Å². The summed E-state index contributed by atoms with van der Waals surface area (Å²) < 4.78 is 0. The molecule has 0 saturated carbocycles. The third kappa shape index (κ3) is 6.88. The van der Waals surface area contributed by atoms with Gasteiger partial charge in [-0.15, -0.1) is 36.2 Å². The number of halogens is 2. The predicted octanol–water partition coefficient (Wildman–Crippen LogP) is 2.69. The minimum Gasteiger partial charge on any atom is -0.351 e. The zero-order valence-electron chi connectivity index (χ0n) is 11.7. The van der Waals surface area contributed by atoms with Crippen molar-refractivity contribution >= 4 is 42.1 Å². The smallest absolute Gasteiger partial charge is 0.220 e. The van der Waals surface area contributed by atoms with Crippen molar-refractivity contribution in [2.24, 2.45) is 5.92 Å². The van der Waals surface area contributed by atoms with Gasteiger partial charge in [-0.3, -0.25) is 4.79 Å². The summed E-state index contributed by atoms with van der Waals surface area (Å²) in [7, 11) is 0. The average Bonchev–Trinajstić information content (AvgIpc) is 2.81. The number of amides is 1. The van der Waals surface area contributed by atoms with Crippen molar-refractivity contribution in [1.29, 1.82) is 0 Å². The molecule has 0 aromatic carbocycles. The Morgan fingerprint density at radius 1 is 1.45 bits per heavy atom. The van der Waals surface area contributed by atoms with E-state index in [4.69, 9.17) is 0 Å². The highest BCUT2D eigenvalue weighted by Gasteiger charge is 2.14. The molecular weight excluding hydrogens is 317 g/mol. The van der Waals surface area contributed by atoms with Crippen molar-refractivity contribution < 1.29 is 4.79 Å². The highest BCUT2D eigenvalue weighted by Crippen LogP contribution is 2.17. The van der Waals surface area contributed by atoms with E-state index >= 15 is 0 Å². The number of carbonyl (C=O) groups is 1. The molecule has 4 nitrogen and oxygen atoms in total. The Morgan fingerprint density at radius 2 is 2.15 bits per heavy atom. The zero-order chi connectivity index (χ0) is 12.8. The van der Waals surface area contributed by atoms with E-state index < -0.39 is 0 Å². The van der Waals surface area contributed by atoms with Crippen LogP contribution in [0.4, 0.5) is 0 Å². The van der Waals surface area contributed by atoms with Crippen molar-refractivity contribution in [3.8, 4) is 0 Å². The number of thiazole rings is 1. The zero-order valence-corrected chi connectivity index (χ0v) is 14.1. The molecular formula is C13H23Cl2N3OS. The van der Waals surface area contributed by atoms with Gasteiger partial charge in [0.05, 0.1) is 11.6 Å². The Balaban J connectivity index is 0.00000180. The molecule has 2 N–H and O–H groups in total. The van der Waals surface area contributed by atoms with Crippen molar-refractivity contribution in [2.45, 2.75) is 39.2 Å². The first-order chi connectivity index (χ1) is 8.74.